The van der Waals surface area contributed by atoms with E-state index in [1.165, 1.54) is 6.20 Å². The normalized spacial score (nSPS) is 10.9. The molecule has 4 heteroatoms. The fourth-order valence-electron chi connectivity index (χ4n) is 1.83. The van der Waals surface area contributed by atoms with Crippen LogP contribution < -0.4 is 10.7 Å². The lowest BCUT2D eigenvalue weighted by Gasteiger charge is -2.09. The number of benzene rings is 1. The van der Waals surface area contributed by atoms with Gasteiger partial charge in [0.05, 0.1) is 18.3 Å². The van der Waals surface area contributed by atoms with Crippen molar-refractivity contribution in [1.29, 1.82) is 0 Å². The Morgan fingerprint density at radius 1 is 1.29 bits per heavy atom. The summed E-state index contributed by atoms with van der Waals surface area (Å²) >= 11 is 0. The lowest BCUT2D eigenvalue weighted by molar-refractivity contribution is 0.559. The molecule has 2 aromatic rings. The van der Waals surface area contributed by atoms with E-state index in [2.05, 4.69) is 17.3 Å². The highest BCUT2D eigenvalue weighted by Gasteiger charge is 2.02. The molecule has 0 atom stereocenters. The van der Waals surface area contributed by atoms with E-state index < -0.39 is 0 Å². The van der Waals surface area contributed by atoms with Crippen LogP contribution in [0.3, 0.4) is 0 Å². The summed E-state index contributed by atoms with van der Waals surface area (Å²) in [4.78, 5) is 11.6. The molecule has 0 aliphatic rings. The first-order chi connectivity index (χ1) is 8.33. The molecule has 0 saturated carbocycles. The monoisotopic (exact) mass is 231 g/mol. The lowest BCUT2D eigenvalue weighted by atomic mass is 10.2. The van der Waals surface area contributed by atoms with Gasteiger partial charge in [0, 0.05) is 11.9 Å². The number of nitrogens with one attached hydrogen (secondary N) is 1. The Balaban J connectivity index is 2.23. The zero-order valence-electron chi connectivity index (χ0n) is 10.0. The van der Waals surface area contributed by atoms with Crippen LogP contribution in [0.1, 0.15) is 13.3 Å². The van der Waals surface area contributed by atoms with Gasteiger partial charge in [-0.25, -0.2) is 0 Å². The van der Waals surface area contributed by atoms with Crippen molar-refractivity contribution >= 4 is 10.9 Å². The van der Waals surface area contributed by atoms with Crippen molar-refractivity contribution < 1.29 is 0 Å². The second kappa shape index (κ2) is 5.59. The van der Waals surface area contributed by atoms with Crippen LogP contribution in [-0.2, 0) is 6.54 Å². The average Bonchev–Trinajstić information content (AvgIpc) is 2.37. The Morgan fingerprint density at radius 2 is 2.12 bits per heavy atom. The summed E-state index contributed by atoms with van der Waals surface area (Å²) in [6.07, 6.45) is 2.51. The summed E-state index contributed by atoms with van der Waals surface area (Å²) in [5, 5.41) is 8.23. The maximum absolute atomic E-state index is 11.6. The van der Waals surface area contributed by atoms with Gasteiger partial charge in [-0.2, -0.15) is 5.10 Å². The second-order valence-corrected chi connectivity index (χ2v) is 4.00. The highest BCUT2D eigenvalue weighted by molar-refractivity contribution is 5.77. The third-order valence-corrected chi connectivity index (χ3v) is 2.69. The van der Waals surface area contributed by atoms with Gasteiger partial charge < -0.3 is 5.32 Å². The highest BCUT2D eigenvalue weighted by atomic mass is 16.1. The van der Waals surface area contributed by atoms with Gasteiger partial charge in [0.2, 0.25) is 5.43 Å². The summed E-state index contributed by atoms with van der Waals surface area (Å²) in [5.74, 6) is 0. The molecule has 1 aromatic heterocycles. The molecule has 1 heterocycles. The minimum Gasteiger partial charge on any atom is -0.315 e. The van der Waals surface area contributed by atoms with Crippen molar-refractivity contribution in [2.45, 2.75) is 19.9 Å². The number of hydrogen-bond donors (Lipinski definition) is 1. The summed E-state index contributed by atoms with van der Waals surface area (Å²) in [5.41, 5.74) is 0.886. The second-order valence-electron chi connectivity index (χ2n) is 4.00. The summed E-state index contributed by atoms with van der Waals surface area (Å²) in [6, 6.07) is 7.59. The Bertz CT molecular complexity index is 548. The molecule has 4 nitrogen and oxygen atoms in total. The number of fused-ring (bicyclic) bond motifs is 1. The number of hydrogen-bond acceptors (Lipinski definition) is 3. The summed E-state index contributed by atoms with van der Waals surface area (Å²) in [6.45, 7) is 4.80. The molecule has 0 amide bonds. The van der Waals surface area contributed by atoms with Gasteiger partial charge >= 0.3 is 0 Å². The number of aromatic nitrogens is 2. The van der Waals surface area contributed by atoms with Gasteiger partial charge in [0.1, 0.15) is 0 Å². The molecule has 0 radical (unpaired) electrons. The largest absolute Gasteiger partial charge is 0.315 e. The van der Waals surface area contributed by atoms with Crippen LogP contribution in [0.15, 0.2) is 35.3 Å². The molecule has 0 aliphatic heterocycles. The molecule has 90 valence electrons. The Kier molecular flexibility index (Phi) is 3.88. The zero-order valence-corrected chi connectivity index (χ0v) is 10.0. The first-order valence-electron chi connectivity index (χ1n) is 5.98. The maximum Gasteiger partial charge on any atom is 0.207 e. The van der Waals surface area contributed by atoms with Crippen LogP contribution in [0.2, 0.25) is 0 Å². The molecule has 0 unspecified atom stereocenters. The van der Waals surface area contributed by atoms with Crippen LogP contribution in [0.5, 0.6) is 0 Å². The standard InChI is InChI=1S/C13H17N3O/c1-2-7-14-8-9-16-12-6-4-3-5-11(12)13(17)10-15-16/h3-6,10,14H,2,7-9H2,1H3. The van der Waals surface area contributed by atoms with Crippen molar-refractivity contribution in [3.05, 3.63) is 40.7 Å². The van der Waals surface area contributed by atoms with Crippen LogP contribution in [-0.4, -0.2) is 22.9 Å². The van der Waals surface area contributed by atoms with E-state index in [0.717, 1.165) is 37.0 Å². The van der Waals surface area contributed by atoms with E-state index in [1.807, 2.05) is 28.9 Å². The minimum absolute atomic E-state index is 0.0154. The van der Waals surface area contributed by atoms with Gasteiger partial charge in [-0.1, -0.05) is 19.1 Å². The molecular formula is C13H17N3O. The molecule has 2 rings (SSSR count). The molecule has 0 aliphatic carbocycles. The summed E-state index contributed by atoms with van der Waals surface area (Å²) in [7, 11) is 0. The predicted molar refractivity (Wildman–Crippen MR) is 69.2 cm³/mol. The van der Waals surface area contributed by atoms with Crippen molar-refractivity contribution in [2.75, 3.05) is 13.1 Å². The molecule has 1 N–H and O–H groups in total. The number of para-hydroxylation sites is 1. The van der Waals surface area contributed by atoms with Crippen molar-refractivity contribution in [3.8, 4) is 0 Å². The Morgan fingerprint density at radius 3 is 2.94 bits per heavy atom. The minimum atomic E-state index is -0.0154. The quantitative estimate of drug-likeness (QED) is 0.791. The Labute approximate surface area is 100 Å². The van der Waals surface area contributed by atoms with Crippen LogP contribution in [0.4, 0.5) is 0 Å². The van der Waals surface area contributed by atoms with Crippen LogP contribution >= 0.6 is 0 Å². The molecule has 0 fully saturated rings. The molecule has 0 bridgehead atoms. The number of rotatable bonds is 5. The van der Waals surface area contributed by atoms with Crippen LogP contribution in [0.25, 0.3) is 10.9 Å². The summed E-state index contributed by atoms with van der Waals surface area (Å²) < 4.78 is 1.87. The maximum atomic E-state index is 11.6. The third kappa shape index (κ3) is 2.71. The van der Waals surface area contributed by atoms with E-state index in [9.17, 15) is 4.79 Å². The van der Waals surface area contributed by atoms with Gasteiger partial charge in [-0.3, -0.25) is 9.48 Å². The zero-order chi connectivity index (χ0) is 12.1. The number of nitrogens with zero attached hydrogens (tertiary/aromatic N) is 2. The first kappa shape index (κ1) is 11.8. The fourth-order valence-corrected chi connectivity index (χ4v) is 1.83. The molecule has 17 heavy (non-hydrogen) atoms. The van der Waals surface area contributed by atoms with Crippen molar-refractivity contribution in [3.63, 3.8) is 0 Å². The highest BCUT2D eigenvalue weighted by Crippen LogP contribution is 2.07. The van der Waals surface area contributed by atoms with E-state index in [1.54, 1.807) is 0 Å². The average molecular weight is 231 g/mol. The molecule has 1 aromatic carbocycles. The van der Waals surface area contributed by atoms with Gasteiger partial charge in [0.15, 0.2) is 0 Å². The van der Waals surface area contributed by atoms with Gasteiger partial charge in [-0.15, -0.1) is 0 Å². The smallest absolute Gasteiger partial charge is 0.207 e. The topological polar surface area (TPSA) is 46.9 Å². The van der Waals surface area contributed by atoms with Gasteiger partial charge in [0.25, 0.3) is 0 Å². The third-order valence-electron chi connectivity index (χ3n) is 2.69. The SMILES string of the molecule is CCCNCCn1ncc(=O)c2ccccc21. The van der Waals surface area contributed by atoms with E-state index >= 15 is 0 Å². The van der Waals surface area contributed by atoms with Gasteiger partial charge in [-0.05, 0) is 25.1 Å². The molecule has 0 saturated heterocycles. The molecule has 0 spiro atoms. The van der Waals surface area contributed by atoms with Crippen molar-refractivity contribution in [2.24, 2.45) is 0 Å². The van der Waals surface area contributed by atoms with Crippen molar-refractivity contribution in [1.82, 2.24) is 15.1 Å². The Hall–Kier alpha value is -1.68. The van der Waals surface area contributed by atoms with E-state index in [-0.39, 0.29) is 5.43 Å². The van der Waals surface area contributed by atoms with E-state index in [0.29, 0.717) is 0 Å². The van der Waals surface area contributed by atoms with E-state index in [4.69, 9.17) is 0 Å². The van der Waals surface area contributed by atoms with Crippen LogP contribution in [0, 0.1) is 0 Å². The first-order valence-corrected chi connectivity index (χ1v) is 5.98. The predicted octanol–water partition coefficient (Wildman–Crippen LogP) is 1.40. The lowest BCUT2D eigenvalue weighted by Crippen LogP contribution is -2.23. The molecular weight excluding hydrogens is 214 g/mol. The fraction of sp³-hybridized carbons (Fsp3) is 0.385.